The Balaban J connectivity index is 1.40. The Hall–Kier alpha value is -3.52. The number of rotatable bonds is 6. The number of nitrogens with zero attached hydrogens (tertiary/aromatic N) is 4. The minimum Gasteiger partial charge on any atom is -0.497 e. The predicted molar refractivity (Wildman–Crippen MR) is 125 cm³/mol. The van der Waals surface area contributed by atoms with Crippen LogP contribution in [-0.4, -0.2) is 39.4 Å². The second-order valence-corrected chi connectivity index (χ2v) is 8.85. The summed E-state index contributed by atoms with van der Waals surface area (Å²) in [5, 5.41) is 0. The molecule has 7 nitrogen and oxygen atoms in total. The second-order valence-electron chi connectivity index (χ2n) is 7.97. The largest absolute Gasteiger partial charge is 0.497 e. The minimum absolute atomic E-state index is 0.0521. The number of carbonyl (C=O) groups excluding carboxylic acids is 1. The summed E-state index contributed by atoms with van der Waals surface area (Å²) in [6, 6.07) is 11.3. The van der Waals surface area contributed by atoms with Crippen molar-refractivity contribution in [2.45, 2.75) is 31.7 Å². The van der Waals surface area contributed by atoms with Gasteiger partial charge in [0.2, 0.25) is 5.89 Å². The maximum absolute atomic E-state index is 13.7. The first-order valence-corrected chi connectivity index (χ1v) is 11.8. The van der Waals surface area contributed by atoms with Crippen LogP contribution in [0, 0.1) is 0 Å². The molecule has 1 aliphatic rings. The number of oxazole rings is 1. The summed E-state index contributed by atoms with van der Waals surface area (Å²) >= 11 is 1.47. The summed E-state index contributed by atoms with van der Waals surface area (Å²) in [5.41, 5.74) is 4.08. The maximum Gasteiger partial charge on any atom is 0.256 e. The first-order chi connectivity index (χ1) is 16.2. The molecule has 0 bridgehead atoms. The van der Waals surface area contributed by atoms with Gasteiger partial charge < -0.3 is 14.1 Å². The fraction of sp³-hybridized carbons (Fsp3) is 0.280. The van der Waals surface area contributed by atoms with E-state index in [4.69, 9.17) is 9.15 Å². The standard InChI is InChI=1S/C25H24N4O3S/c1-31-18-7-4-6-17(12-18)13-19-14-28-24(32-19)21-9-2-3-11-29(21)25(30)20-8-5-10-27-23(20)22-15-26-16-33-22/h4-8,10,12,14-16,21H,2-3,9,11,13H2,1H3. The van der Waals surface area contributed by atoms with Gasteiger partial charge in [0.15, 0.2) is 0 Å². The van der Waals surface area contributed by atoms with Crippen molar-refractivity contribution in [3.05, 3.63) is 83.3 Å². The fourth-order valence-electron chi connectivity index (χ4n) is 4.24. The average Bonchev–Trinajstić information content (AvgIpc) is 3.56. The van der Waals surface area contributed by atoms with E-state index in [1.54, 1.807) is 37.3 Å². The van der Waals surface area contributed by atoms with E-state index in [9.17, 15) is 4.79 Å². The molecular weight excluding hydrogens is 436 g/mol. The Kier molecular flexibility index (Phi) is 6.17. The molecule has 1 amide bonds. The number of hydrogen-bond donors (Lipinski definition) is 0. The summed E-state index contributed by atoms with van der Waals surface area (Å²) in [7, 11) is 1.66. The van der Waals surface area contributed by atoms with Gasteiger partial charge in [0.05, 0.1) is 35.0 Å². The van der Waals surface area contributed by atoms with Crippen LogP contribution in [0.2, 0.25) is 0 Å². The normalized spacial score (nSPS) is 16.0. The lowest BCUT2D eigenvalue weighted by Gasteiger charge is -2.34. The van der Waals surface area contributed by atoms with Gasteiger partial charge in [-0.25, -0.2) is 4.98 Å². The minimum atomic E-state index is -0.195. The Morgan fingerprint density at radius 3 is 3.00 bits per heavy atom. The number of aromatic nitrogens is 3. The molecule has 33 heavy (non-hydrogen) atoms. The molecule has 1 atom stereocenters. The summed E-state index contributed by atoms with van der Waals surface area (Å²) in [4.78, 5) is 29.6. The zero-order valence-corrected chi connectivity index (χ0v) is 19.1. The number of methoxy groups -OCH3 is 1. The number of amides is 1. The van der Waals surface area contributed by atoms with Crippen LogP contribution in [0.3, 0.4) is 0 Å². The third-order valence-corrected chi connectivity index (χ3v) is 6.62. The zero-order valence-electron chi connectivity index (χ0n) is 18.3. The van der Waals surface area contributed by atoms with Crippen LogP contribution in [0.4, 0.5) is 0 Å². The Bertz CT molecular complexity index is 1240. The van der Waals surface area contributed by atoms with Gasteiger partial charge in [-0.1, -0.05) is 12.1 Å². The van der Waals surface area contributed by atoms with Crippen molar-refractivity contribution in [1.82, 2.24) is 19.9 Å². The van der Waals surface area contributed by atoms with Crippen molar-refractivity contribution in [2.24, 2.45) is 0 Å². The van der Waals surface area contributed by atoms with Crippen LogP contribution in [0.15, 0.2) is 64.9 Å². The molecule has 0 radical (unpaired) electrons. The van der Waals surface area contributed by atoms with E-state index in [0.717, 1.165) is 41.2 Å². The van der Waals surface area contributed by atoms with Gasteiger partial charge in [0, 0.05) is 25.4 Å². The van der Waals surface area contributed by atoms with Crippen molar-refractivity contribution < 1.29 is 13.9 Å². The van der Waals surface area contributed by atoms with Crippen molar-refractivity contribution in [3.8, 4) is 16.3 Å². The van der Waals surface area contributed by atoms with Crippen molar-refractivity contribution in [1.29, 1.82) is 0 Å². The highest BCUT2D eigenvalue weighted by molar-refractivity contribution is 7.13. The van der Waals surface area contributed by atoms with E-state index in [2.05, 4.69) is 15.0 Å². The summed E-state index contributed by atoms with van der Waals surface area (Å²) in [6.07, 6.45) is 8.63. The Morgan fingerprint density at radius 2 is 2.15 bits per heavy atom. The number of likely N-dealkylation sites (tertiary alicyclic amines) is 1. The molecule has 3 aromatic heterocycles. The Labute approximate surface area is 196 Å². The molecule has 0 aliphatic carbocycles. The maximum atomic E-state index is 13.7. The van der Waals surface area contributed by atoms with Gasteiger partial charge in [-0.05, 0) is 49.1 Å². The van der Waals surface area contributed by atoms with E-state index < -0.39 is 0 Å². The van der Waals surface area contributed by atoms with Gasteiger partial charge in [0.25, 0.3) is 5.91 Å². The quantitative estimate of drug-likeness (QED) is 0.395. The summed E-state index contributed by atoms with van der Waals surface area (Å²) < 4.78 is 11.5. The molecule has 168 valence electrons. The number of thiazole rings is 1. The van der Waals surface area contributed by atoms with Gasteiger partial charge in [-0.2, -0.15) is 0 Å². The second kappa shape index (κ2) is 9.54. The first-order valence-electron chi connectivity index (χ1n) is 11.0. The molecule has 0 N–H and O–H groups in total. The van der Waals surface area contributed by atoms with E-state index >= 15 is 0 Å². The molecule has 8 heteroatoms. The third-order valence-electron chi connectivity index (χ3n) is 5.84. The average molecular weight is 461 g/mol. The number of carbonyl (C=O) groups is 1. The van der Waals surface area contributed by atoms with Crippen LogP contribution in [-0.2, 0) is 6.42 Å². The number of hydrogen-bond acceptors (Lipinski definition) is 7. The predicted octanol–water partition coefficient (Wildman–Crippen LogP) is 5.16. The first kappa shape index (κ1) is 21.3. The molecule has 1 aliphatic heterocycles. The molecular formula is C25H24N4O3S. The molecule has 0 spiro atoms. The van der Waals surface area contributed by atoms with Gasteiger partial charge >= 0.3 is 0 Å². The lowest BCUT2D eigenvalue weighted by Crippen LogP contribution is -2.39. The number of piperidine rings is 1. The van der Waals surface area contributed by atoms with Crippen LogP contribution < -0.4 is 4.74 Å². The number of benzene rings is 1. The van der Waals surface area contributed by atoms with Gasteiger partial charge in [-0.15, -0.1) is 11.3 Å². The molecule has 1 saturated heterocycles. The van der Waals surface area contributed by atoms with Crippen LogP contribution >= 0.6 is 11.3 Å². The molecule has 5 rings (SSSR count). The number of pyridine rings is 1. The SMILES string of the molecule is COc1cccc(Cc2cnc(C3CCCCN3C(=O)c3cccnc3-c3cncs3)o2)c1. The fourth-order valence-corrected chi connectivity index (χ4v) is 4.87. The molecule has 1 fully saturated rings. The Morgan fingerprint density at radius 1 is 1.21 bits per heavy atom. The molecule has 4 aromatic rings. The summed E-state index contributed by atoms with van der Waals surface area (Å²) in [5.74, 6) is 2.11. The topological polar surface area (TPSA) is 81.4 Å². The van der Waals surface area contributed by atoms with E-state index in [1.165, 1.54) is 11.3 Å². The molecule has 0 saturated carbocycles. The van der Waals surface area contributed by atoms with E-state index in [1.807, 2.05) is 35.2 Å². The van der Waals surface area contributed by atoms with Crippen molar-refractivity contribution in [2.75, 3.05) is 13.7 Å². The van der Waals surface area contributed by atoms with Crippen LogP contribution in [0.25, 0.3) is 10.6 Å². The van der Waals surface area contributed by atoms with Crippen molar-refractivity contribution in [3.63, 3.8) is 0 Å². The lowest BCUT2D eigenvalue weighted by molar-refractivity contribution is 0.0570. The van der Waals surface area contributed by atoms with E-state index in [0.29, 0.717) is 30.1 Å². The summed E-state index contributed by atoms with van der Waals surface area (Å²) in [6.45, 7) is 0.661. The van der Waals surface area contributed by atoms with E-state index in [-0.39, 0.29) is 11.9 Å². The highest BCUT2D eigenvalue weighted by atomic mass is 32.1. The molecule has 1 aromatic carbocycles. The van der Waals surface area contributed by atoms with Crippen molar-refractivity contribution >= 4 is 17.2 Å². The highest BCUT2D eigenvalue weighted by Crippen LogP contribution is 2.34. The molecule has 1 unspecified atom stereocenters. The van der Waals surface area contributed by atoms with Crippen LogP contribution in [0.1, 0.15) is 52.9 Å². The zero-order chi connectivity index (χ0) is 22.6. The lowest BCUT2D eigenvalue weighted by atomic mass is 10.00. The molecule has 4 heterocycles. The smallest absolute Gasteiger partial charge is 0.256 e. The number of ether oxygens (including phenoxy) is 1. The van der Waals surface area contributed by atoms with Crippen LogP contribution in [0.5, 0.6) is 5.75 Å². The monoisotopic (exact) mass is 460 g/mol. The van der Waals surface area contributed by atoms with Gasteiger partial charge in [0.1, 0.15) is 17.6 Å². The van der Waals surface area contributed by atoms with Gasteiger partial charge in [-0.3, -0.25) is 14.8 Å². The highest BCUT2D eigenvalue weighted by Gasteiger charge is 2.33. The third kappa shape index (κ3) is 4.52.